The summed E-state index contributed by atoms with van der Waals surface area (Å²) >= 11 is 0.908. The van der Waals surface area contributed by atoms with E-state index in [1.165, 1.54) is 6.20 Å². The molecule has 1 aromatic heterocycles. The van der Waals surface area contributed by atoms with Gasteiger partial charge in [-0.1, -0.05) is 0 Å². The smallest absolute Gasteiger partial charge is 0.387 e. The van der Waals surface area contributed by atoms with Gasteiger partial charge in [0.05, 0.1) is 10.4 Å². The van der Waals surface area contributed by atoms with Gasteiger partial charge in [-0.15, -0.1) is 11.3 Å². The van der Waals surface area contributed by atoms with Crippen LogP contribution in [0.25, 0.3) is 10.6 Å². The van der Waals surface area contributed by atoms with Crippen molar-refractivity contribution in [3.8, 4) is 22.1 Å². The SMILES string of the molecule is O=Cc1cnc(-c2cc(OC(F)F)ccc2OC(F)F)s1. The van der Waals surface area contributed by atoms with Crippen LogP contribution in [-0.2, 0) is 0 Å². The van der Waals surface area contributed by atoms with Crippen molar-refractivity contribution in [2.45, 2.75) is 13.2 Å². The molecule has 0 aliphatic rings. The Morgan fingerprint density at radius 3 is 2.43 bits per heavy atom. The highest BCUT2D eigenvalue weighted by molar-refractivity contribution is 7.16. The summed E-state index contributed by atoms with van der Waals surface area (Å²) in [6, 6.07) is 3.24. The summed E-state index contributed by atoms with van der Waals surface area (Å²) in [6.45, 7) is -6.14. The minimum absolute atomic E-state index is 0.0338. The van der Waals surface area contributed by atoms with Crippen molar-refractivity contribution in [3.63, 3.8) is 0 Å². The molecule has 112 valence electrons. The molecule has 21 heavy (non-hydrogen) atoms. The van der Waals surface area contributed by atoms with E-state index in [-0.39, 0.29) is 26.9 Å². The highest BCUT2D eigenvalue weighted by atomic mass is 32.1. The second-order valence-electron chi connectivity index (χ2n) is 3.60. The van der Waals surface area contributed by atoms with Crippen LogP contribution in [-0.4, -0.2) is 24.5 Å². The number of thiazole rings is 1. The number of alkyl halides is 4. The number of rotatable bonds is 6. The highest BCUT2D eigenvalue weighted by Crippen LogP contribution is 2.36. The highest BCUT2D eigenvalue weighted by Gasteiger charge is 2.16. The van der Waals surface area contributed by atoms with Gasteiger partial charge >= 0.3 is 13.2 Å². The van der Waals surface area contributed by atoms with Gasteiger partial charge in [0.1, 0.15) is 16.5 Å². The molecule has 0 N–H and O–H groups in total. The predicted octanol–water partition coefficient (Wildman–Crippen LogP) is 3.83. The Bertz CT molecular complexity index is 633. The van der Waals surface area contributed by atoms with Gasteiger partial charge in [0.25, 0.3) is 0 Å². The summed E-state index contributed by atoms with van der Waals surface area (Å²) in [5.74, 6) is -0.483. The fraction of sp³-hybridized carbons (Fsp3) is 0.167. The number of aldehydes is 1. The van der Waals surface area contributed by atoms with Gasteiger partial charge in [-0.3, -0.25) is 4.79 Å². The van der Waals surface area contributed by atoms with Crippen LogP contribution in [0.3, 0.4) is 0 Å². The summed E-state index contributed by atoms with van der Waals surface area (Å²) in [7, 11) is 0. The van der Waals surface area contributed by atoms with Crippen LogP contribution in [0.4, 0.5) is 17.6 Å². The fourth-order valence-corrected chi connectivity index (χ4v) is 2.27. The third-order valence-electron chi connectivity index (χ3n) is 2.26. The molecule has 1 heterocycles. The third-order valence-corrected chi connectivity index (χ3v) is 3.22. The lowest BCUT2D eigenvalue weighted by Gasteiger charge is -2.11. The molecule has 4 nitrogen and oxygen atoms in total. The Kier molecular flexibility index (Phi) is 4.73. The first-order valence-electron chi connectivity index (χ1n) is 5.44. The van der Waals surface area contributed by atoms with E-state index in [0.29, 0.717) is 6.29 Å². The third kappa shape index (κ3) is 3.91. The van der Waals surface area contributed by atoms with E-state index in [0.717, 1.165) is 29.5 Å². The summed E-state index contributed by atoms with van der Waals surface area (Å²) in [5, 5.41) is 0.174. The average Bonchev–Trinajstić information content (AvgIpc) is 2.88. The van der Waals surface area contributed by atoms with Crippen LogP contribution in [0.5, 0.6) is 11.5 Å². The fourth-order valence-electron chi connectivity index (χ4n) is 1.52. The van der Waals surface area contributed by atoms with Crippen LogP contribution in [0.1, 0.15) is 9.67 Å². The molecule has 9 heteroatoms. The first kappa shape index (κ1) is 15.2. The van der Waals surface area contributed by atoms with Crippen LogP contribution < -0.4 is 9.47 Å². The Morgan fingerprint density at radius 2 is 1.86 bits per heavy atom. The number of hydrogen-bond acceptors (Lipinski definition) is 5. The lowest BCUT2D eigenvalue weighted by Crippen LogP contribution is -2.05. The number of halogens is 4. The molecule has 0 bridgehead atoms. The summed E-state index contributed by atoms with van der Waals surface area (Å²) in [6.07, 6.45) is 1.77. The number of carbonyl (C=O) groups is 1. The average molecular weight is 321 g/mol. The van der Waals surface area contributed by atoms with Crippen molar-refractivity contribution < 1.29 is 31.8 Å². The first-order valence-corrected chi connectivity index (χ1v) is 6.26. The molecule has 0 radical (unpaired) electrons. The van der Waals surface area contributed by atoms with Crippen LogP contribution in [0.2, 0.25) is 0 Å². The van der Waals surface area contributed by atoms with Gasteiger partial charge in [-0.05, 0) is 18.2 Å². The molecule has 0 aliphatic carbocycles. The maximum Gasteiger partial charge on any atom is 0.387 e. The van der Waals surface area contributed by atoms with Gasteiger partial charge in [-0.2, -0.15) is 17.6 Å². The van der Waals surface area contributed by atoms with E-state index in [1.807, 2.05) is 0 Å². The summed E-state index contributed by atoms with van der Waals surface area (Å²) in [5.41, 5.74) is 0.0338. The van der Waals surface area contributed by atoms with Gasteiger partial charge < -0.3 is 9.47 Å². The normalized spacial score (nSPS) is 11.0. The molecule has 0 fully saturated rings. The second kappa shape index (κ2) is 6.53. The zero-order valence-corrected chi connectivity index (χ0v) is 11.0. The maximum absolute atomic E-state index is 12.4. The summed E-state index contributed by atoms with van der Waals surface area (Å²) in [4.78, 5) is 14.7. The molecule has 0 unspecified atom stereocenters. The van der Waals surface area contributed by atoms with Gasteiger partial charge in [0, 0.05) is 6.20 Å². The summed E-state index contributed by atoms with van der Waals surface area (Å²) < 4.78 is 57.6. The molecule has 2 aromatic rings. The number of benzene rings is 1. The van der Waals surface area contributed by atoms with Crippen molar-refractivity contribution >= 4 is 17.6 Å². The maximum atomic E-state index is 12.4. The predicted molar refractivity (Wildman–Crippen MR) is 66.2 cm³/mol. The Balaban J connectivity index is 2.43. The van der Waals surface area contributed by atoms with E-state index >= 15 is 0 Å². The zero-order chi connectivity index (χ0) is 15.4. The van der Waals surface area contributed by atoms with Gasteiger partial charge in [0.2, 0.25) is 0 Å². The van der Waals surface area contributed by atoms with Crippen molar-refractivity contribution in [3.05, 3.63) is 29.3 Å². The molecule has 0 amide bonds. The number of nitrogens with zero attached hydrogens (tertiary/aromatic N) is 1. The Hall–Kier alpha value is -2.16. The van der Waals surface area contributed by atoms with Crippen molar-refractivity contribution in [1.82, 2.24) is 4.98 Å². The van der Waals surface area contributed by atoms with Crippen LogP contribution in [0.15, 0.2) is 24.4 Å². The van der Waals surface area contributed by atoms with E-state index in [9.17, 15) is 22.4 Å². The Labute approximate surface area is 119 Å². The first-order chi connectivity index (χ1) is 9.99. The van der Waals surface area contributed by atoms with E-state index in [1.54, 1.807) is 0 Å². The van der Waals surface area contributed by atoms with Gasteiger partial charge in [-0.25, -0.2) is 4.98 Å². The topological polar surface area (TPSA) is 48.4 Å². The van der Waals surface area contributed by atoms with Crippen molar-refractivity contribution in [2.75, 3.05) is 0 Å². The Morgan fingerprint density at radius 1 is 1.14 bits per heavy atom. The monoisotopic (exact) mass is 321 g/mol. The number of aromatic nitrogens is 1. The second-order valence-corrected chi connectivity index (χ2v) is 4.66. The molecule has 1 aromatic carbocycles. The molecule has 0 saturated heterocycles. The lowest BCUT2D eigenvalue weighted by molar-refractivity contribution is -0.0526. The standard InChI is InChI=1S/C12H7F4NO3S/c13-11(14)19-6-1-2-9(20-12(15)16)8(3-6)10-17-4-7(5-18)21-10/h1-5,11-12H. The van der Waals surface area contributed by atoms with E-state index in [4.69, 9.17) is 0 Å². The molecule has 0 spiro atoms. The molecule has 0 aliphatic heterocycles. The van der Waals surface area contributed by atoms with E-state index < -0.39 is 13.2 Å². The largest absolute Gasteiger partial charge is 0.435 e. The number of hydrogen-bond donors (Lipinski definition) is 0. The molecule has 0 saturated carbocycles. The quantitative estimate of drug-likeness (QED) is 0.599. The minimum atomic E-state index is -3.09. The van der Waals surface area contributed by atoms with E-state index in [2.05, 4.69) is 14.5 Å². The van der Waals surface area contributed by atoms with Gasteiger partial charge in [0.15, 0.2) is 6.29 Å². The molecule has 0 atom stereocenters. The molecular weight excluding hydrogens is 314 g/mol. The van der Waals surface area contributed by atoms with Crippen LogP contribution >= 0.6 is 11.3 Å². The molecular formula is C12H7F4NO3S. The molecule has 2 rings (SSSR count). The lowest BCUT2D eigenvalue weighted by atomic mass is 10.2. The van der Waals surface area contributed by atoms with Crippen LogP contribution in [0, 0.1) is 0 Å². The van der Waals surface area contributed by atoms with Crippen molar-refractivity contribution in [1.29, 1.82) is 0 Å². The zero-order valence-electron chi connectivity index (χ0n) is 10.1. The van der Waals surface area contributed by atoms with Crippen molar-refractivity contribution in [2.24, 2.45) is 0 Å². The number of ether oxygens (including phenoxy) is 2. The number of carbonyl (C=O) groups excluding carboxylic acids is 1. The minimum Gasteiger partial charge on any atom is -0.435 e.